The van der Waals surface area contributed by atoms with Crippen LogP contribution in [-0.2, 0) is 4.79 Å². The highest BCUT2D eigenvalue weighted by atomic mass is 19.4. The van der Waals surface area contributed by atoms with Crippen molar-refractivity contribution in [2.24, 2.45) is 5.41 Å². The molecular formula is C11H15F3O. The molecule has 86 valence electrons. The van der Waals surface area contributed by atoms with E-state index in [1.54, 1.807) is 0 Å². The van der Waals surface area contributed by atoms with Gasteiger partial charge in [0, 0.05) is 0 Å². The first kappa shape index (κ1) is 12.3. The molecular weight excluding hydrogens is 205 g/mol. The Morgan fingerprint density at radius 1 is 1.20 bits per heavy atom. The summed E-state index contributed by atoms with van der Waals surface area (Å²) in [7, 11) is 0. The number of halogens is 3. The number of hydrogen-bond donors (Lipinski definition) is 0. The van der Waals surface area contributed by atoms with Gasteiger partial charge in [-0.2, -0.15) is 13.2 Å². The van der Waals surface area contributed by atoms with Gasteiger partial charge < -0.3 is 0 Å². The summed E-state index contributed by atoms with van der Waals surface area (Å²) in [6.07, 6.45) is -1.90. The lowest BCUT2D eigenvalue weighted by atomic mass is 9.67. The van der Waals surface area contributed by atoms with Gasteiger partial charge in [0.1, 0.15) is 0 Å². The lowest BCUT2D eigenvalue weighted by molar-refractivity contribution is -0.181. The summed E-state index contributed by atoms with van der Waals surface area (Å²) in [6, 6.07) is 0. The van der Waals surface area contributed by atoms with E-state index in [4.69, 9.17) is 0 Å². The van der Waals surface area contributed by atoms with E-state index in [0.717, 1.165) is 6.42 Å². The van der Waals surface area contributed by atoms with Crippen LogP contribution in [0.2, 0.25) is 0 Å². The van der Waals surface area contributed by atoms with Crippen molar-refractivity contribution in [1.82, 2.24) is 0 Å². The molecule has 0 aromatic carbocycles. The summed E-state index contributed by atoms with van der Waals surface area (Å²) >= 11 is 0. The Morgan fingerprint density at radius 3 is 2.00 bits per heavy atom. The summed E-state index contributed by atoms with van der Waals surface area (Å²) in [5, 5.41) is 0. The fourth-order valence-corrected chi connectivity index (χ4v) is 2.27. The monoisotopic (exact) mass is 220 g/mol. The van der Waals surface area contributed by atoms with E-state index in [2.05, 4.69) is 6.58 Å². The van der Waals surface area contributed by atoms with Gasteiger partial charge in [0.2, 0.25) is 5.78 Å². The molecule has 0 N–H and O–H groups in total. The third kappa shape index (κ3) is 2.24. The summed E-state index contributed by atoms with van der Waals surface area (Å²) in [6.45, 7) is 5.09. The Bertz CT molecular complexity index is 272. The first-order chi connectivity index (χ1) is 6.81. The summed E-state index contributed by atoms with van der Waals surface area (Å²) in [5.41, 5.74) is -0.985. The van der Waals surface area contributed by atoms with Crippen molar-refractivity contribution in [2.45, 2.75) is 45.2 Å². The fourth-order valence-electron chi connectivity index (χ4n) is 2.27. The SMILES string of the molecule is C=C(C)C1(C(=O)C(F)(F)F)CCCCC1. The highest BCUT2D eigenvalue weighted by molar-refractivity contribution is 5.92. The van der Waals surface area contributed by atoms with Crippen molar-refractivity contribution in [3.63, 3.8) is 0 Å². The van der Waals surface area contributed by atoms with Gasteiger partial charge in [0.15, 0.2) is 0 Å². The number of alkyl halides is 3. The molecule has 0 radical (unpaired) electrons. The normalized spacial score (nSPS) is 21.1. The summed E-state index contributed by atoms with van der Waals surface area (Å²) < 4.78 is 37.3. The third-order valence-electron chi connectivity index (χ3n) is 3.22. The zero-order valence-electron chi connectivity index (χ0n) is 8.78. The number of rotatable bonds is 2. The van der Waals surface area contributed by atoms with E-state index in [9.17, 15) is 18.0 Å². The van der Waals surface area contributed by atoms with E-state index in [-0.39, 0.29) is 0 Å². The van der Waals surface area contributed by atoms with Gasteiger partial charge in [-0.05, 0) is 19.8 Å². The Kier molecular flexibility index (Phi) is 3.26. The number of ketones is 1. The molecule has 1 aliphatic rings. The van der Waals surface area contributed by atoms with Crippen LogP contribution in [0.5, 0.6) is 0 Å². The Morgan fingerprint density at radius 2 is 1.67 bits per heavy atom. The largest absolute Gasteiger partial charge is 0.450 e. The van der Waals surface area contributed by atoms with E-state index in [1.807, 2.05) is 0 Å². The average Bonchev–Trinajstić information content (AvgIpc) is 2.16. The van der Waals surface area contributed by atoms with Crippen molar-refractivity contribution < 1.29 is 18.0 Å². The van der Waals surface area contributed by atoms with E-state index in [0.29, 0.717) is 31.3 Å². The van der Waals surface area contributed by atoms with Gasteiger partial charge >= 0.3 is 6.18 Å². The smallest absolute Gasteiger partial charge is 0.289 e. The predicted octanol–water partition coefficient (Wildman–Crippen LogP) is 3.64. The van der Waals surface area contributed by atoms with Crippen molar-refractivity contribution in [3.8, 4) is 0 Å². The highest BCUT2D eigenvalue weighted by Crippen LogP contribution is 2.46. The lowest BCUT2D eigenvalue weighted by Gasteiger charge is -2.36. The second-order valence-electron chi connectivity index (χ2n) is 4.25. The molecule has 0 heterocycles. The number of hydrogen-bond acceptors (Lipinski definition) is 1. The van der Waals surface area contributed by atoms with Crippen LogP contribution in [0.4, 0.5) is 13.2 Å². The molecule has 1 rings (SSSR count). The molecule has 0 amide bonds. The molecule has 4 heteroatoms. The van der Waals surface area contributed by atoms with Crippen LogP contribution >= 0.6 is 0 Å². The third-order valence-corrected chi connectivity index (χ3v) is 3.22. The van der Waals surface area contributed by atoms with Gasteiger partial charge in [-0.15, -0.1) is 0 Å². The molecule has 15 heavy (non-hydrogen) atoms. The topological polar surface area (TPSA) is 17.1 Å². The highest BCUT2D eigenvalue weighted by Gasteiger charge is 2.53. The maximum atomic E-state index is 12.4. The number of Topliss-reactive ketones (excluding diaryl/α,β-unsaturated/α-hetero) is 1. The first-order valence-electron chi connectivity index (χ1n) is 5.08. The summed E-state index contributed by atoms with van der Waals surface area (Å²) in [4.78, 5) is 11.4. The molecule has 1 aliphatic carbocycles. The zero-order chi connectivity index (χ0) is 11.7. The molecule has 0 aromatic rings. The Balaban J connectivity index is 3.01. The zero-order valence-corrected chi connectivity index (χ0v) is 8.78. The number of carbonyl (C=O) groups is 1. The Hall–Kier alpha value is -0.800. The molecule has 0 bridgehead atoms. The molecule has 0 atom stereocenters. The molecule has 0 unspecified atom stereocenters. The minimum Gasteiger partial charge on any atom is -0.289 e. The van der Waals surface area contributed by atoms with Gasteiger partial charge in [-0.3, -0.25) is 4.79 Å². The van der Waals surface area contributed by atoms with E-state index >= 15 is 0 Å². The van der Waals surface area contributed by atoms with Crippen LogP contribution < -0.4 is 0 Å². The minimum atomic E-state index is -4.74. The quantitative estimate of drug-likeness (QED) is 0.649. The average molecular weight is 220 g/mol. The predicted molar refractivity (Wildman–Crippen MR) is 51.4 cm³/mol. The lowest BCUT2D eigenvalue weighted by Crippen LogP contribution is -2.43. The number of carbonyl (C=O) groups excluding carboxylic acids is 1. The molecule has 1 nitrogen and oxygen atoms in total. The molecule has 1 fully saturated rings. The second kappa shape index (κ2) is 3.99. The van der Waals surface area contributed by atoms with Crippen LogP contribution in [0.25, 0.3) is 0 Å². The number of allylic oxidation sites excluding steroid dienone is 1. The second-order valence-corrected chi connectivity index (χ2v) is 4.25. The van der Waals surface area contributed by atoms with E-state index < -0.39 is 17.4 Å². The van der Waals surface area contributed by atoms with Crippen molar-refractivity contribution in [1.29, 1.82) is 0 Å². The van der Waals surface area contributed by atoms with Gasteiger partial charge in [-0.25, -0.2) is 0 Å². The standard InChI is InChI=1S/C11H15F3O/c1-8(2)10(6-4-3-5-7-10)9(15)11(12,13)14/h1,3-7H2,2H3. The van der Waals surface area contributed by atoms with Crippen LogP contribution in [0, 0.1) is 5.41 Å². The Labute approximate surface area is 87.4 Å². The van der Waals surface area contributed by atoms with E-state index in [1.165, 1.54) is 6.92 Å². The summed E-state index contributed by atoms with van der Waals surface area (Å²) in [5.74, 6) is -1.61. The van der Waals surface area contributed by atoms with Crippen molar-refractivity contribution in [2.75, 3.05) is 0 Å². The van der Waals surface area contributed by atoms with Crippen LogP contribution in [0.3, 0.4) is 0 Å². The van der Waals surface area contributed by atoms with Gasteiger partial charge in [0.05, 0.1) is 5.41 Å². The molecule has 1 saturated carbocycles. The molecule has 0 saturated heterocycles. The van der Waals surface area contributed by atoms with Crippen molar-refractivity contribution in [3.05, 3.63) is 12.2 Å². The van der Waals surface area contributed by atoms with Gasteiger partial charge in [0.25, 0.3) is 0 Å². The minimum absolute atomic E-state index is 0.292. The van der Waals surface area contributed by atoms with Crippen molar-refractivity contribution >= 4 is 5.78 Å². The fraction of sp³-hybridized carbons (Fsp3) is 0.727. The molecule has 0 aromatic heterocycles. The van der Waals surface area contributed by atoms with Crippen LogP contribution in [-0.4, -0.2) is 12.0 Å². The molecule has 0 aliphatic heterocycles. The van der Waals surface area contributed by atoms with Crippen LogP contribution in [0.1, 0.15) is 39.0 Å². The molecule has 0 spiro atoms. The maximum absolute atomic E-state index is 12.4. The first-order valence-corrected chi connectivity index (χ1v) is 5.08. The van der Waals surface area contributed by atoms with Gasteiger partial charge in [-0.1, -0.05) is 31.4 Å². The van der Waals surface area contributed by atoms with Crippen LogP contribution in [0.15, 0.2) is 12.2 Å². The maximum Gasteiger partial charge on any atom is 0.450 e.